The molecule has 0 spiro atoms. The second kappa shape index (κ2) is 5.51. The SMILES string of the molecule is COc1ccc2c3c1Oc1ccccc1[C@H]3CN1C(=O)CCC[C@H]1C2. The average Bonchev–Trinajstić information content (AvgIpc) is 2.81. The Morgan fingerprint density at radius 3 is 2.96 bits per heavy atom. The Morgan fingerprint density at radius 1 is 1.20 bits per heavy atom. The van der Waals surface area contributed by atoms with E-state index >= 15 is 0 Å². The molecule has 0 N–H and O–H groups in total. The smallest absolute Gasteiger partial charge is 0.222 e. The first kappa shape index (κ1) is 14.8. The van der Waals surface area contributed by atoms with Crippen LogP contribution in [-0.2, 0) is 11.2 Å². The van der Waals surface area contributed by atoms with E-state index in [2.05, 4.69) is 17.0 Å². The van der Waals surface area contributed by atoms with E-state index in [1.165, 1.54) is 16.7 Å². The first-order valence-electron chi connectivity index (χ1n) is 9.02. The van der Waals surface area contributed by atoms with Crippen molar-refractivity contribution in [1.29, 1.82) is 0 Å². The van der Waals surface area contributed by atoms with Crippen molar-refractivity contribution in [2.45, 2.75) is 37.6 Å². The highest BCUT2D eigenvalue weighted by molar-refractivity contribution is 5.78. The normalized spacial score (nSPS) is 23.7. The molecule has 0 aromatic heterocycles. The van der Waals surface area contributed by atoms with Crippen LogP contribution in [0.1, 0.15) is 41.9 Å². The summed E-state index contributed by atoms with van der Waals surface area (Å²) in [6.07, 6.45) is 3.66. The molecule has 1 fully saturated rings. The summed E-state index contributed by atoms with van der Waals surface area (Å²) >= 11 is 0. The summed E-state index contributed by atoms with van der Waals surface area (Å²) in [5, 5.41) is 0. The van der Waals surface area contributed by atoms with Gasteiger partial charge in [0.05, 0.1) is 7.11 Å². The van der Waals surface area contributed by atoms with Crippen LogP contribution in [0, 0.1) is 0 Å². The molecular weight excluding hydrogens is 314 g/mol. The van der Waals surface area contributed by atoms with Crippen LogP contribution < -0.4 is 9.47 Å². The van der Waals surface area contributed by atoms with Gasteiger partial charge in [-0.1, -0.05) is 24.3 Å². The highest BCUT2D eigenvalue weighted by atomic mass is 16.5. The maximum absolute atomic E-state index is 12.6. The Bertz CT molecular complexity index is 860. The van der Waals surface area contributed by atoms with E-state index in [0.29, 0.717) is 18.4 Å². The number of hydrogen-bond donors (Lipinski definition) is 0. The number of hydrogen-bond acceptors (Lipinski definition) is 3. The van der Waals surface area contributed by atoms with Crippen molar-refractivity contribution in [1.82, 2.24) is 4.90 Å². The van der Waals surface area contributed by atoms with E-state index in [4.69, 9.17) is 9.47 Å². The largest absolute Gasteiger partial charge is 0.493 e. The molecule has 1 saturated heterocycles. The highest BCUT2D eigenvalue weighted by Gasteiger charge is 2.40. The maximum Gasteiger partial charge on any atom is 0.222 e. The zero-order valence-corrected chi connectivity index (χ0v) is 14.3. The van der Waals surface area contributed by atoms with Gasteiger partial charge in [-0.2, -0.15) is 0 Å². The van der Waals surface area contributed by atoms with Crippen molar-refractivity contribution in [3.63, 3.8) is 0 Å². The van der Waals surface area contributed by atoms with Gasteiger partial charge in [0.15, 0.2) is 11.5 Å². The van der Waals surface area contributed by atoms with Crippen molar-refractivity contribution in [2.24, 2.45) is 0 Å². The zero-order chi connectivity index (χ0) is 17.0. The molecule has 25 heavy (non-hydrogen) atoms. The Morgan fingerprint density at radius 2 is 2.08 bits per heavy atom. The molecule has 0 saturated carbocycles. The van der Waals surface area contributed by atoms with Gasteiger partial charge in [0.2, 0.25) is 5.91 Å². The fourth-order valence-electron chi connectivity index (χ4n) is 4.67. The topological polar surface area (TPSA) is 38.8 Å². The quantitative estimate of drug-likeness (QED) is 0.794. The van der Waals surface area contributed by atoms with Gasteiger partial charge in [-0.05, 0) is 37.0 Å². The third-order valence-corrected chi connectivity index (χ3v) is 5.85. The predicted molar refractivity (Wildman–Crippen MR) is 94.4 cm³/mol. The maximum atomic E-state index is 12.6. The number of ether oxygens (including phenoxy) is 2. The number of nitrogens with zero attached hydrogens (tertiary/aromatic N) is 1. The predicted octanol–water partition coefficient (Wildman–Crippen LogP) is 3.87. The van der Waals surface area contributed by atoms with Gasteiger partial charge in [0.1, 0.15) is 5.75 Å². The Kier molecular flexibility index (Phi) is 3.27. The van der Waals surface area contributed by atoms with Crippen molar-refractivity contribution in [3.05, 3.63) is 53.1 Å². The Balaban J connectivity index is 1.72. The highest BCUT2D eigenvalue weighted by Crippen LogP contribution is 2.51. The van der Waals surface area contributed by atoms with Crippen molar-refractivity contribution < 1.29 is 14.3 Å². The third kappa shape index (κ3) is 2.16. The lowest BCUT2D eigenvalue weighted by Crippen LogP contribution is -2.45. The molecule has 128 valence electrons. The van der Waals surface area contributed by atoms with Gasteiger partial charge >= 0.3 is 0 Å². The minimum Gasteiger partial charge on any atom is -0.493 e. The Hall–Kier alpha value is -2.49. The van der Waals surface area contributed by atoms with Gasteiger partial charge in [-0.3, -0.25) is 4.79 Å². The van der Waals surface area contributed by atoms with Crippen molar-refractivity contribution in [2.75, 3.05) is 13.7 Å². The van der Waals surface area contributed by atoms with E-state index < -0.39 is 0 Å². The first-order valence-corrected chi connectivity index (χ1v) is 9.02. The summed E-state index contributed by atoms with van der Waals surface area (Å²) in [5.41, 5.74) is 3.67. The van der Waals surface area contributed by atoms with Crippen LogP contribution in [0.2, 0.25) is 0 Å². The standard InChI is InChI=1S/C21H21NO3/c1-24-18-10-9-13-11-14-5-4-8-19(23)22(14)12-16-15-6-2-3-7-17(15)25-21(18)20(13)16/h2-3,6-7,9-10,14,16H,4-5,8,11-12H2,1H3/t14-,16+/m0/s1. The fraction of sp³-hybridized carbons (Fsp3) is 0.381. The second-order valence-corrected chi connectivity index (χ2v) is 7.16. The van der Waals surface area contributed by atoms with Crippen LogP contribution in [-0.4, -0.2) is 30.5 Å². The van der Waals surface area contributed by atoms with E-state index in [1.54, 1.807) is 7.11 Å². The van der Waals surface area contributed by atoms with E-state index in [1.807, 2.05) is 24.3 Å². The summed E-state index contributed by atoms with van der Waals surface area (Å²) in [4.78, 5) is 14.7. The number of fused-ring (bicyclic) bond motifs is 3. The monoisotopic (exact) mass is 335 g/mol. The molecule has 0 bridgehead atoms. The second-order valence-electron chi connectivity index (χ2n) is 7.16. The number of benzene rings is 2. The lowest BCUT2D eigenvalue weighted by Gasteiger charge is -2.36. The van der Waals surface area contributed by atoms with Crippen molar-refractivity contribution in [3.8, 4) is 17.2 Å². The number of methoxy groups -OCH3 is 1. The summed E-state index contributed by atoms with van der Waals surface area (Å²) in [5.74, 6) is 2.91. The number of carbonyl (C=O) groups is 1. The third-order valence-electron chi connectivity index (χ3n) is 5.85. The Labute approximate surface area is 147 Å². The molecule has 0 unspecified atom stereocenters. The van der Waals surface area contributed by atoms with Crippen LogP contribution in [0.3, 0.4) is 0 Å². The van der Waals surface area contributed by atoms with E-state index in [-0.39, 0.29) is 5.92 Å². The van der Waals surface area contributed by atoms with Crippen LogP contribution in [0.15, 0.2) is 36.4 Å². The molecule has 1 amide bonds. The lowest BCUT2D eigenvalue weighted by molar-refractivity contribution is -0.136. The van der Waals surface area contributed by atoms with Gasteiger partial charge in [-0.25, -0.2) is 0 Å². The molecule has 4 nitrogen and oxygen atoms in total. The molecule has 2 atom stereocenters. The summed E-state index contributed by atoms with van der Waals surface area (Å²) in [6.45, 7) is 0.733. The van der Waals surface area contributed by atoms with E-state index in [0.717, 1.165) is 43.1 Å². The molecule has 3 heterocycles. The van der Waals surface area contributed by atoms with Gasteiger partial charge in [0.25, 0.3) is 0 Å². The molecule has 0 aliphatic carbocycles. The minimum absolute atomic E-state index is 0.150. The first-order chi connectivity index (χ1) is 12.3. The van der Waals surface area contributed by atoms with Gasteiger partial charge in [-0.15, -0.1) is 0 Å². The molecule has 3 aliphatic heterocycles. The number of para-hydroxylation sites is 1. The number of piperidine rings is 1. The molecule has 3 aliphatic rings. The summed E-state index contributed by atoms with van der Waals surface area (Å²) in [7, 11) is 1.68. The number of amides is 1. The van der Waals surface area contributed by atoms with Crippen LogP contribution >= 0.6 is 0 Å². The zero-order valence-electron chi connectivity index (χ0n) is 14.3. The molecular formula is C21H21NO3. The van der Waals surface area contributed by atoms with Crippen molar-refractivity contribution >= 4 is 5.91 Å². The van der Waals surface area contributed by atoms with Crippen LogP contribution in [0.25, 0.3) is 0 Å². The average molecular weight is 335 g/mol. The van der Waals surface area contributed by atoms with E-state index in [9.17, 15) is 4.79 Å². The number of carbonyl (C=O) groups excluding carboxylic acids is 1. The van der Waals surface area contributed by atoms with Gasteiger partial charge in [0, 0.05) is 36.1 Å². The van der Waals surface area contributed by atoms with Crippen LogP contribution in [0.5, 0.6) is 17.2 Å². The molecule has 2 aromatic carbocycles. The molecule has 4 heteroatoms. The fourth-order valence-corrected chi connectivity index (χ4v) is 4.67. The van der Waals surface area contributed by atoms with Crippen LogP contribution in [0.4, 0.5) is 0 Å². The summed E-state index contributed by atoms with van der Waals surface area (Å²) in [6, 6.07) is 12.6. The number of rotatable bonds is 1. The van der Waals surface area contributed by atoms with Gasteiger partial charge < -0.3 is 14.4 Å². The summed E-state index contributed by atoms with van der Waals surface area (Å²) < 4.78 is 11.8. The lowest BCUT2D eigenvalue weighted by atomic mass is 9.84. The molecule has 2 aromatic rings. The minimum atomic E-state index is 0.150. The molecule has 0 radical (unpaired) electrons. The molecule has 5 rings (SSSR count).